The summed E-state index contributed by atoms with van der Waals surface area (Å²) in [5.41, 5.74) is 0. The summed E-state index contributed by atoms with van der Waals surface area (Å²) in [6.45, 7) is 7.28. The van der Waals surface area contributed by atoms with Crippen molar-refractivity contribution in [2.45, 2.75) is 52.1 Å². The summed E-state index contributed by atoms with van der Waals surface area (Å²) in [5.74, 6) is -0.909. The molecule has 0 saturated carbocycles. The topological polar surface area (TPSA) is 69.6 Å². The van der Waals surface area contributed by atoms with Crippen LogP contribution in [0.5, 0.6) is 0 Å². The van der Waals surface area contributed by atoms with Gasteiger partial charge in [0.2, 0.25) is 5.91 Å². The molecule has 2 N–H and O–H groups in total. The summed E-state index contributed by atoms with van der Waals surface area (Å²) in [5, 5.41) is 12.2. The molecule has 1 amide bonds. The van der Waals surface area contributed by atoms with Gasteiger partial charge in [0.25, 0.3) is 0 Å². The van der Waals surface area contributed by atoms with Gasteiger partial charge in [0.1, 0.15) is 0 Å². The van der Waals surface area contributed by atoms with E-state index in [2.05, 4.69) is 5.32 Å². The zero-order chi connectivity index (χ0) is 13.7. The van der Waals surface area contributed by atoms with Crippen LogP contribution in [0.3, 0.4) is 0 Å². The number of hydrogen-bond donors (Lipinski definition) is 2. The van der Waals surface area contributed by atoms with Crippen LogP contribution in [0.15, 0.2) is 0 Å². The Morgan fingerprint density at radius 3 is 2.61 bits per heavy atom. The van der Waals surface area contributed by atoms with Crippen molar-refractivity contribution in [3.05, 3.63) is 0 Å². The Kier molecular flexibility index (Phi) is 5.59. The van der Waals surface area contributed by atoms with Gasteiger partial charge in [-0.25, -0.2) is 0 Å². The number of hydrogen-bond acceptors (Lipinski definition) is 3. The summed E-state index contributed by atoms with van der Waals surface area (Å²) in [6, 6.07) is 0.416. The number of nitrogens with zero attached hydrogens (tertiary/aromatic N) is 1. The zero-order valence-electron chi connectivity index (χ0n) is 11.5. The Balaban J connectivity index is 2.38. The first-order valence-electron chi connectivity index (χ1n) is 6.67. The smallest absolute Gasteiger partial charge is 0.306 e. The van der Waals surface area contributed by atoms with Gasteiger partial charge in [0.05, 0.1) is 5.92 Å². The van der Waals surface area contributed by atoms with E-state index in [1.165, 1.54) is 0 Å². The lowest BCUT2D eigenvalue weighted by Gasteiger charge is -2.36. The molecule has 1 fully saturated rings. The maximum atomic E-state index is 12.0. The molecule has 0 bridgehead atoms. The van der Waals surface area contributed by atoms with Gasteiger partial charge in [-0.05, 0) is 19.8 Å². The molecule has 1 aliphatic heterocycles. The fourth-order valence-electron chi connectivity index (χ4n) is 2.38. The summed E-state index contributed by atoms with van der Waals surface area (Å²) >= 11 is 0. The fraction of sp³-hybridized carbons (Fsp3) is 0.846. The van der Waals surface area contributed by atoms with Crippen molar-refractivity contribution < 1.29 is 14.7 Å². The molecular formula is C13H24N2O3. The molecule has 5 heteroatoms. The first kappa shape index (κ1) is 15.0. The van der Waals surface area contributed by atoms with Crippen LogP contribution in [0.2, 0.25) is 0 Å². The van der Waals surface area contributed by atoms with E-state index in [9.17, 15) is 9.59 Å². The molecule has 1 aliphatic rings. The Hall–Kier alpha value is -1.10. The number of piperidine rings is 1. The number of aliphatic carboxylic acids is 1. The van der Waals surface area contributed by atoms with Crippen LogP contribution >= 0.6 is 0 Å². The summed E-state index contributed by atoms with van der Waals surface area (Å²) in [7, 11) is 0. The molecule has 2 unspecified atom stereocenters. The third kappa shape index (κ3) is 4.29. The lowest BCUT2D eigenvalue weighted by atomic mass is 9.91. The quantitative estimate of drug-likeness (QED) is 0.772. The van der Waals surface area contributed by atoms with Crippen LogP contribution in [0.1, 0.15) is 40.0 Å². The van der Waals surface area contributed by atoms with Crippen LogP contribution in [-0.4, -0.2) is 47.1 Å². The monoisotopic (exact) mass is 256 g/mol. The highest BCUT2D eigenvalue weighted by Crippen LogP contribution is 2.23. The summed E-state index contributed by atoms with van der Waals surface area (Å²) < 4.78 is 0. The molecule has 0 radical (unpaired) electrons. The predicted molar refractivity (Wildman–Crippen MR) is 69.3 cm³/mol. The van der Waals surface area contributed by atoms with Gasteiger partial charge >= 0.3 is 5.97 Å². The highest BCUT2D eigenvalue weighted by atomic mass is 16.4. The van der Waals surface area contributed by atoms with Crippen LogP contribution in [0.25, 0.3) is 0 Å². The number of carboxylic acid groups (broad SMARTS) is 1. The number of rotatable bonds is 5. The van der Waals surface area contributed by atoms with E-state index in [1.807, 2.05) is 25.7 Å². The molecule has 5 nitrogen and oxygen atoms in total. The SMILES string of the molecule is CC(C)NCCC(=O)N1CCC(C(=O)O)CC1C. The standard InChI is InChI=1S/C13H24N2O3/c1-9(2)14-6-4-12(16)15-7-5-11(13(17)18)8-10(15)3/h9-11,14H,4-8H2,1-3H3,(H,17,18). The second-order valence-corrected chi connectivity index (χ2v) is 5.35. The number of carbonyl (C=O) groups excluding carboxylic acids is 1. The van der Waals surface area contributed by atoms with Crippen molar-refractivity contribution in [2.75, 3.05) is 13.1 Å². The number of nitrogens with one attached hydrogen (secondary N) is 1. The number of carbonyl (C=O) groups is 2. The van der Waals surface area contributed by atoms with E-state index in [-0.39, 0.29) is 17.9 Å². The van der Waals surface area contributed by atoms with Crippen LogP contribution < -0.4 is 5.32 Å². The van der Waals surface area contributed by atoms with E-state index in [4.69, 9.17) is 5.11 Å². The van der Waals surface area contributed by atoms with Crippen molar-refractivity contribution >= 4 is 11.9 Å². The molecule has 104 valence electrons. The fourth-order valence-corrected chi connectivity index (χ4v) is 2.38. The molecule has 0 aromatic carbocycles. The van der Waals surface area contributed by atoms with E-state index in [0.717, 1.165) is 0 Å². The molecule has 0 spiro atoms. The van der Waals surface area contributed by atoms with Gasteiger partial charge in [-0.3, -0.25) is 9.59 Å². The normalized spacial score (nSPS) is 24.3. The van der Waals surface area contributed by atoms with Crippen LogP contribution in [0.4, 0.5) is 0 Å². The maximum Gasteiger partial charge on any atom is 0.306 e. The number of amides is 1. The third-order valence-corrected chi connectivity index (χ3v) is 3.44. The molecule has 1 heterocycles. The second kappa shape index (κ2) is 6.73. The third-order valence-electron chi connectivity index (χ3n) is 3.44. The van der Waals surface area contributed by atoms with Crippen molar-refractivity contribution in [1.82, 2.24) is 10.2 Å². The Morgan fingerprint density at radius 1 is 1.44 bits per heavy atom. The first-order valence-corrected chi connectivity index (χ1v) is 6.67. The molecule has 0 aromatic rings. The van der Waals surface area contributed by atoms with E-state index in [1.54, 1.807) is 0 Å². The summed E-state index contributed by atoms with van der Waals surface area (Å²) in [6.07, 6.45) is 1.63. The zero-order valence-corrected chi connectivity index (χ0v) is 11.5. The number of carboxylic acids is 1. The lowest BCUT2D eigenvalue weighted by molar-refractivity contribution is -0.147. The number of likely N-dealkylation sites (tertiary alicyclic amines) is 1. The van der Waals surface area contributed by atoms with Crippen molar-refractivity contribution in [2.24, 2.45) is 5.92 Å². The Bertz CT molecular complexity index is 305. The van der Waals surface area contributed by atoms with Crippen LogP contribution in [0, 0.1) is 5.92 Å². The van der Waals surface area contributed by atoms with Gasteiger partial charge in [-0.1, -0.05) is 13.8 Å². The molecule has 2 atom stereocenters. The van der Waals surface area contributed by atoms with Crippen molar-refractivity contribution in [3.8, 4) is 0 Å². The Labute approximate surface area is 109 Å². The molecular weight excluding hydrogens is 232 g/mol. The molecule has 1 saturated heterocycles. The molecule has 0 aliphatic carbocycles. The van der Waals surface area contributed by atoms with E-state index >= 15 is 0 Å². The lowest BCUT2D eigenvalue weighted by Crippen LogP contribution is -2.46. The van der Waals surface area contributed by atoms with Gasteiger partial charge in [0, 0.05) is 31.6 Å². The van der Waals surface area contributed by atoms with Gasteiger partial charge in [-0.2, -0.15) is 0 Å². The van der Waals surface area contributed by atoms with Gasteiger partial charge in [0.15, 0.2) is 0 Å². The van der Waals surface area contributed by atoms with Crippen LogP contribution in [-0.2, 0) is 9.59 Å². The van der Waals surface area contributed by atoms with Crippen molar-refractivity contribution in [1.29, 1.82) is 0 Å². The maximum absolute atomic E-state index is 12.0. The minimum atomic E-state index is -0.740. The van der Waals surface area contributed by atoms with Gasteiger partial charge in [-0.15, -0.1) is 0 Å². The first-order chi connectivity index (χ1) is 8.41. The van der Waals surface area contributed by atoms with Crippen molar-refractivity contribution in [3.63, 3.8) is 0 Å². The Morgan fingerprint density at radius 2 is 2.11 bits per heavy atom. The highest BCUT2D eigenvalue weighted by molar-refractivity contribution is 5.77. The van der Waals surface area contributed by atoms with E-state index < -0.39 is 5.97 Å². The molecule has 0 aromatic heterocycles. The van der Waals surface area contributed by atoms with E-state index in [0.29, 0.717) is 38.4 Å². The predicted octanol–water partition coefficient (Wildman–Crippen LogP) is 1.09. The average Bonchev–Trinajstić information content (AvgIpc) is 2.27. The summed E-state index contributed by atoms with van der Waals surface area (Å²) in [4.78, 5) is 24.7. The largest absolute Gasteiger partial charge is 0.481 e. The second-order valence-electron chi connectivity index (χ2n) is 5.35. The molecule has 18 heavy (non-hydrogen) atoms. The van der Waals surface area contributed by atoms with Gasteiger partial charge < -0.3 is 15.3 Å². The minimum absolute atomic E-state index is 0.0337. The highest BCUT2D eigenvalue weighted by Gasteiger charge is 2.31. The molecule has 1 rings (SSSR count). The minimum Gasteiger partial charge on any atom is -0.481 e. The average molecular weight is 256 g/mol.